The zero-order valence-corrected chi connectivity index (χ0v) is 21.0. The molecule has 37 heavy (non-hydrogen) atoms. The van der Waals surface area contributed by atoms with E-state index in [1.807, 2.05) is 0 Å². The number of amides is 1. The van der Waals surface area contributed by atoms with Gasteiger partial charge in [0.1, 0.15) is 18.0 Å². The molecule has 12 nitrogen and oxygen atoms in total. The van der Waals surface area contributed by atoms with Crippen molar-refractivity contribution in [3.05, 3.63) is 82.4 Å². The van der Waals surface area contributed by atoms with Crippen LogP contribution in [-0.4, -0.2) is 53.3 Å². The number of nitro groups is 1. The van der Waals surface area contributed by atoms with E-state index in [0.717, 1.165) is 4.31 Å². The Morgan fingerprint density at radius 2 is 1.70 bits per heavy atom. The van der Waals surface area contributed by atoms with Crippen LogP contribution in [0.4, 0.5) is 11.4 Å². The number of sulfonamides is 1. The van der Waals surface area contributed by atoms with Crippen LogP contribution in [0.15, 0.2) is 76.7 Å². The first-order valence-corrected chi connectivity index (χ1v) is 12.1. The van der Waals surface area contributed by atoms with Gasteiger partial charge in [0.25, 0.3) is 15.9 Å². The first-order valence-electron chi connectivity index (χ1n) is 10.7. The molecule has 13 heteroatoms. The minimum absolute atomic E-state index is 0.0327. The Morgan fingerprint density at radius 1 is 1.00 bits per heavy atom. The molecular weight excluding hydrogens is 504 g/mol. The van der Waals surface area contributed by atoms with Gasteiger partial charge in [-0.1, -0.05) is 18.2 Å². The van der Waals surface area contributed by atoms with Crippen molar-refractivity contribution in [3.63, 3.8) is 0 Å². The fourth-order valence-corrected chi connectivity index (χ4v) is 4.74. The Hall–Kier alpha value is -4.65. The second-order valence-corrected chi connectivity index (χ2v) is 9.21. The van der Waals surface area contributed by atoms with Crippen LogP contribution in [0, 0.1) is 10.1 Å². The van der Waals surface area contributed by atoms with Crippen molar-refractivity contribution < 1.29 is 32.3 Å². The number of ether oxygens (including phenoxy) is 3. The zero-order chi connectivity index (χ0) is 27.0. The summed E-state index contributed by atoms with van der Waals surface area (Å²) in [7, 11) is -0.0623. The van der Waals surface area contributed by atoms with Crippen molar-refractivity contribution >= 4 is 33.5 Å². The van der Waals surface area contributed by atoms with Crippen molar-refractivity contribution in [1.29, 1.82) is 0 Å². The number of nitrogens with one attached hydrogen (secondary N) is 1. The van der Waals surface area contributed by atoms with Crippen molar-refractivity contribution in [2.45, 2.75) is 4.90 Å². The van der Waals surface area contributed by atoms with Crippen LogP contribution in [-0.2, 0) is 14.8 Å². The SMILES string of the molecule is COc1ccc(N(CC(=O)N/N=C\c2ccc(OC)c([N+](=O)[O-])c2)S(=O)(=O)c2ccccc2)c(OC)c1. The number of benzene rings is 3. The summed E-state index contributed by atoms with van der Waals surface area (Å²) in [4.78, 5) is 23.3. The molecule has 0 unspecified atom stereocenters. The number of hydrogen-bond acceptors (Lipinski definition) is 9. The van der Waals surface area contributed by atoms with Crippen molar-refractivity contribution in [1.82, 2.24) is 5.43 Å². The Bertz CT molecular complexity index is 1410. The fraction of sp³-hybridized carbons (Fsp3) is 0.167. The summed E-state index contributed by atoms with van der Waals surface area (Å²) in [6.45, 7) is -0.639. The van der Waals surface area contributed by atoms with Crippen LogP contribution >= 0.6 is 0 Å². The minimum Gasteiger partial charge on any atom is -0.497 e. The number of hydrogen-bond donors (Lipinski definition) is 1. The van der Waals surface area contributed by atoms with Gasteiger partial charge < -0.3 is 14.2 Å². The van der Waals surface area contributed by atoms with Gasteiger partial charge >= 0.3 is 5.69 Å². The van der Waals surface area contributed by atoms with Crippen LogP contribution in [0.5, 0.6) is 17.2 Å². The monoisotopic (exact) mass is 528 g/mol. The minimum atomic E-state index is -4.19. The van der Waals surface area contributed by atoms with Gasteiger partial charge in [-0.2, -0.15) is 5.10 Å². The lowest BCUT2D eigenvalue weighted by Crippen LogP contribution is -2.39. The van der Waals surface area contributed by atoms with Gasteiger partial charge in [0.05, 0.1) is 43.1 Å². The molecule has 0 aliphatic heterocycles. The van der Waals surface area contributed by atoms with E-state index in [1.165, 1.54) is 76.1 Å². The van der Waals surface area contributed by atoms with E-state index in [0.29, 0.717) is 11.3 Å². The Labute approximate surface area is 213 Å². The van der Waals surface area contributed by atoms with Gasteiger partial charge in [-0.25, -0.2) is 13.8 Å². The number of carbonyl (C=O) groups is 1. The molecule has 0 aromatic heterocycles. The predicted molar refractivity (Wildman–Crippen MR) is 136 cm³/mol. The van der Waals surface area contributed by atoms with E-state index in [9.17, 15) is 23.3 Å². The van der Waals surface area contributed by atoms with Crippen LogP contribution in [0.25, 0.3) is 0 Å². The standard InChI is InChI=1S/C24H24N4O8S/c1-34-18-10-11-20(23(14-18)36-3)27(37(32,33)19-7-5-4-6-8-19)16-24(29)26-25-15-17-9-12-22(35-2)21(13-17)28(30)31/h4-15H,16H2,1-3H3,(H,26,29)/b25-15-. The highest BCUT2D eigenvalue weighted by molar-refractivity contribution is 7.92. The van der Waals surface area contributed by atoms with E-state index >= 15 is 0 Å². The molecule has 0 radical (unpaired) electrons. The number of anilines is 1. The average Bonchev–Trinajstić information content (AvgIpc) is 2.91. The summed E-state index contributed by atoms with van der Waals surface area (Å²) in [6.07, 6.45) is 1.19. The van der Waals surface area contributed by atoms with Gasteiger partial charge in [0.15, 0.2) is 5.75 Å². The first kappa shape index (κ1) is 26.9. The largest absolute Gasteiger partial charge is 0.497 e. The van der Waals surface area contributed by atoms with Gasteiger partial charge in [0.2, 0.25) is 0 Å². The van der Waals surface area contributed by atoms with E-state index in [4.69, 9.17) is 14.2 Å². The molecule has 1 amide bonds. The summed E-state index contributed by atoms with van der Waals surface area (Å²) in [5.41, 5.74) is 2.40. The lowest BCUT2D eigenvalue weighted by atomic mass is 10.2. The highest BCUT2D eigenvalue weighted by Crippen LogP contribution is 2.35. The van der Waals surface area contributed by atoms with Crippen LogP contribution < -0.4 is 23.9 Å². The summed E-state index contributed by atoms with van der Waals surface area (Å²) in [5, 5.41) is 15.0. The van der Waals surface area contributed by atoms with Gasteiger partial charge in [-0.3, -0.25) is 19.2 Å². The molecule has 194 valence electrons. The predicted octanol–water partition coefficient (Wildman–Crippen LogP) is 2.97. The van der Waals surface area contributed by atoms with E-state index in [2.05, 4.69) is 10.5 Å². The molecular formula is C24H24N4O8S. The molecule has 0 saturated carbocycles. The topological polar surface area (TPSA) is 150 Å². The third kappa shape index (κ3) is 6.32. The lowest BCUT2D eigenvalue weighted by Gasteiger charge is -2.25. The lowest BCUT2D eigenvalue weighted by molar-refractivity contribution is -0.385. The number of nitrogens with zero attached hydrogens (tertiary/aromatic N) is 3. The quantitative estimate of drug-likeness (QED) is 0.227. The number of hydrazone groups is 1. The third-order valence-corrected chi connectivity index (χ3v) is 6.85. The summed E-state index contributed by atoms with van der Waals surface area (Å²) in [5.74, 6) is -0.0981. The van der Waals surface area contributed by atoms with Gasteiger partial charge in [-0.05, 0) is 36.4 Å². The Balaban J connectivity index is 1.89. The summed E-state index contributed by atoms with van der Waals surface area (Å²) >= 11 is 0. The summed E-state index contributed by atoms with van der Waals surface area (Å²) in [6, 6.07) is 16.2. The van der Waals surface area contributed by atoms with Crippen molar-refractivity contribution in [3.8, 4) is 17.2 Å². The van der Waals surface area contributed by atoms with Gasteiger partial charge in [-0.15, -0.1) is 0 Å². The zero-order valence-electron chi connectivity index (χ0n) is 20.2. The highest BCUT2D eigenvalue weighted by atomic mass is 32.2. The Morgan fingerprint density at radius 3 is 2.32 bits per heavy atom. The molecule has 1 N–H and O–H groups in total. The van der Waals surface area contributed by atoms with Crippen molar-refractivity contribution in [2.75, 3.05) is 32.2 Å². The third-order valence-electron chi connectivity index (χ3n) is 5.08. The molecule has 0 aliphatic rings. The smallest absolute Gasteiger partial charge is 0.311 e. The molecule has 3 rings (SSSR count). The molecule has 3 aromatic carbocycles. The van der Waals surface area contributed by atoms with E-state index in [1.54, 1.807) is 18.2 Å². The maximum atomic E-state index is 13.5. The molecule has 0 atom stereocenters. The number of nitro benzene ring substituents is 1. The maximum Gasteiger partial charge on any atom is 0.311 e. The molecule has 0 heterocycles. The molecule has 0 bridgehead atoms. The second-order valence-electron chi connectivity index (χ2n) is 7.34. The number of methoxy groups -OCH3 is 3. The molecule has 0 saturated heterocycles. The summed E-state index contributed by atoms with van der Waals surface area (Å²) < 4.78 is 43.4. The average molecular weight is 529 g/mol. The molecule has 0 spiro atoms. The first-order chi connectivity index (χ1) is 17.7. The van der Waals surface area contributed by atoms with E-state index in [-0.39, 0.29) is 27.8 Å². The molecule has 3 aromatic rings. The van der Waals surface area contributed by atoms with E-state index < -0.39 is 27.4 Å². The molecule has 0 aliphatic carbocycles. The molecule has 0 fully saturated rings. The number of carbonyl (C=O) groups excluding carboxylic acids is 1. The van der Waals surface area contributed by atoms with Crippen molar-refractivity contribution in [2.24, 2.45) is 5.10 Å². The Kier molecular flexibility index (Phi) is 8.64. The normalized spacial score (nSPS) is 11.1. The van der Waals surface area contributed by atoms with Crippen LogP contribution in [0.1, 0.15) is 5.56 Å². The second kappa shape index (κ2) is 11.9. The number of rotatable bonds is 11. The van der Waals surface area contributed by atoms with Gasteiger partial charge in [0, 0.05) is 17.7 Å². The fourth-order valence-electron chi connectivity index (χ4n) is 3.28. The van der Waals surface area contributed by atoms with Crippen LogP contribution in [0.2, 0.25) is 0 Å². The maximum absolute atomic E-state index is 13.5. The van der Waals surface area contributed by atoms with Crippen LogP contribution in [0.3, 0.4) is 0 Å². The highest BCUT2D eigenvalue weighted by Gasteiger charge is 2.29.